The number of benzene rings is 5. The van der Waals surface area contributed by atoms with Gasteiger partial charge in [-0.05, 0) is 96.7 Å². The molecule has 4 heteroatoms. The molecule has 0 bridgehead atoms. The standard InChI is InChI=1S/C33H26N4/c34-22-13-20(14-23(35)17-22)33(21-15-24(36)18-25(37)16-21)11-5-6-19-12-30-28-9-2-1-7-26(28)27-8-3-4-10-29(27)31(30)32(19)33/h1-18H,34-37H2. The van der Waals surface area contributed by atoms with Crippen LogP contribution in [0.1, 0.15) is 11.1 Å². The van der Waals surface area contributed by atoms with Crippen LogP contribution < -0.4 is 33.4 Å². The first-order valence-corrected chi connectivity index (χ1v) is 12.3. The highest BCUT2D eigenvalue weighted by Gasteiger charge is 2.41. The van der Waals surface area contributed by atoms with Crippen LogP contribution in [0.25, 0.3) is 33.2 Å². The number of fused-ring (bicyclic) bond motifs is 7. The van der Waals surface area contributed by atoms with E-state index in [1.54, 1.807) is 12.1 Å². The maximum Gasteiger partial charge on any atom is 0.0650 e. The molecule has 0 saturated carbocycles. The van der Waals surface area contributed by atoms with E-state index < -0.39 is 5.41 Å². The Balaban J connectivity index is 1.76. The largest absolute Gasteiger partial charge is 0.399 e. The van der Waals surface area contributed by atoms with Gasteiger partial charge in [0.15, 0.2) is 0 Å². The van der Waals surface area contributed by atoms with Gasteiger partial charge in [0.05, 0.1) is 5.41 Å². The van der Waals surface area contributed by atoms with Crippen molar-refractivity contribution in [3.05, 3.63) is 130 Å². The van der Waals surface area contributed by atoms with Crippen LogP contribution in [0.5, 0.6) is 0 Å². The molecular weight excluding hydrogens is 452 g/mol. The molecule has 5 aromatic carbocycles. The van der Waals surface area contributed by atoms with Gasteiger partial charge in [0, 0.05) is 22.7 Å². The summed E-state index contributed by atoms with van der Waals surface area (Å²) in [7, 11) is 0. The Morgan fingerprint density at radius 2 is 1.03 bits per heavy atom. The molecule has 0 atom stereocenters. The second-order valence-electron chi connectivity index (χ2n) is 9.97. The number of hydrogen-bond donors (Lipinski definition) is 4. The topological polar surface area (TPSA) is 104 Å². The summed E-state index contributed by atoms with van der Waals surface area (Å²) in [5, 5.41) is 7.34. The molecule has 0 unspecified atom stereocenters. The molecule has 0 saturated heterocycles. The average Bonchev–Trinajstić information content (AvgIpc) is 3.28. The van der Waals surface area contributed by atoms with Crippen molar-refractivity contribution in [2.75, 3.05) is 22.9 Å². The molecule has 0 heterocycles. The second-order valence-corrected chi connectivity index (χ2v) is 9.97. The van der Waals surface area contributed by atoms with Crippen molar-refractivity contribution >= 4 is 55.9 Å². The van der Waals surface area contributed by atoms with E-state index in [2.05, 4.69) is 72.8 Å². The van der Waals surface area contributed by atoms with Gasteiger partial charge in [-0.25, -0.2) is 0 Å². The van der Waals surface area contributed by atoms with Gasteiger partial charge in [-0.15, -0.1) is 0 Å². The quantitative estimate of drug-likeness (QED) is 0.217. The molecule has 2 aliphatic carbocycles. The van der Waals surface area contributed by atoms with Gasteiger partial charge in [-0.2, -0.15) is 0 Å². The van der Waals surface area contributed by atoms with Crippen LogP contribution in [-0.4, -0.2) is 0 Å². The van der Waals surface area contributed by atoms with Crippen LogP contribution >= 0.6 is 0 Å². The molecule has 0 aliphatic heterocycles. The van der Waals surface area contributed by atoms with E-state index in [4.69, 9.17) is 22.9 Å². The molecule has 0 fully saturated rings. The first-order chi connectivity index (χ1) is 18.0. The Kier molecular flexibility index (Phi) is 4.33. The SMILES string of the molecule is Nc1cc(N)cc(C2(c3cc(N)cc(N)c3)C=CC=C3C=c4c(c5ccccc5c5ccccc45)=C32)c1. The van der Waals surface area contributed by atoms with Crippen molar-refractivity contribution < 1.29 is 0 Å². The molecule has 8 N–H and O–H groups in total. The van der Waals surface area contributed by atoms with Crippen molar-refractivity contribution in [2.45, 2.75) is 5.41 Å². The zero-order chi connectivity index (χ0) is 25.3. The molecule has 0 radical (unpaired) electrons. The van der Waals surface area contributed by atoms with Crippen molar-refractivity contribution in [3.63, 3.8) is 0 Å². The molecule has 4 nitrogen and oxygen atoms in total. The number of anilines is 4. The Hall–Kier alpha value is -4.96. The number of nitrogen functional groups attached to an aromatic ring is 4. The Labute approximate surface area is 214 Å². The Morgan fingerprint density at radius 1 is 0.541 bits per heavy atom. The van der Waals surface area contributed by atoms with E-state index in [1.807, 2.05) is 24.3 Å². The summed E-state index contributed by atoms with van der Waals surface area (Å²) >= 11 is 0. The lowest BCUT2D eigenvalue weighted by atomic mass is 9.64. The highest BCUT2D eigenvalue weighted by molar-refractivity contribution is 6.12. The normalized spacial score (nSPS) is 15.4. The number of nitrogens with two attached hydrogens (primary N) is 4. The molecule has 0 amide bonds. The summed E-state index contributed by atoms with van der Waals surface area (Å²) in [4.78, 5) is 0. The predicted molar refractivity (Wildman–Crippen MR) is 157 cm³/mol. The Bertz CT molecular complexity index is 1890. The fourth-order valence-electron chi connectivity index (χ4n) is 6.35. The Morgan fingerprint density at radius 3 is 1.59 bits per heavy atom. The van der Waals surface area contributed by atoms with E-state index in [1.165, 1.54) is 37.6 Å². The number of allylic oxidation sites excluding steroid dienone is 4. The summed E-state index contributed by atoms with van der Waals surface area (Å²) in [5.74, 6) is 0. The lowest BCUT2D eigenvalue weighted by molar-refractivity contribution is 0.833. The highest BCUT2D eigenvalue weighted by atomic mass is 14.6. The first-order valence-electron chi connectivity index (χ1n) is 12.3. The molecule has 0 aromatic heterocycles. The third-order valence-corrected chi connectivity index (χ3v) is 7.69. The van der Waals surface area contributed by atoms with E-state index in [0.29, 0.717) is 22.7 Å². The van der Waals surface area contributed by atoms with Crippen LogP contribution in [0.15, 0.2) is 109 Å². The van der Waals surface area contributed by atoms with E-state index in [-0.39, 0.29) is 0 Å². The van der Waals surface area contributed by atoms with Crippen molar-refractivity contribution in [1.29, 1.82) is 0 Å². The second kappa shape index (κ2) is 7.52. The minimum atomic E-state index is -0.704. The zero-order valence-corrected chi connectivity index (χ0v) is 20.2. The molecule has 2 aliphatic rings. The van der Waals surface area contributed by atoms with Gasteiger partial charge in [-0.3, -0.25) is 0 Å². The van der Waals surface area contributed by atoms with Gasteiger partial charge in [-0.1, -0.05) is 66.8 Å². The van der Waals surface area contributed by atoms with Gasteiger partial charge >= 0.3 is 0 Å². The first kappa shape index (κ1) is 21.3. The summed E-state index contributed by atoms with van der Waals surface area (Å²) in [6, 6.07) is 28.9. The van der Waals surface area contributed by atoms with Gasteiger partial charge < -0.3 is 22.9 Å². The van der Waals surface area contributed by atoms with Gasteiger partial charge in [0.2, 0.25) is 0 Å². The summed E-state index contributed by atoms with van der Waals surface area (Å²) < 4.78 is 0. The van der Waals surface area contributed by atoms with Crippen molar-refractivity contribution in [1.82, 2.24) is 0 Å². The minimum absolute atomic E-state index is 0.613. The third kappa shape index (κ3) is 2.96. The molecule has 178 valence electrons. The zero-order valence-electron chi connectivity index (χ0n) is 20.2. The minimum Gasteiger partial charge on any atom is -0.399 e. The molecule has 37 heavy (non-hydrogen) atoms. The lowest BCUT2D eigenvalue weighted by Crippen LogP contribution is -2.36. The highest BCUT2D eigenvalue weighted by Crippen LogP contribution is 2.49. The number of hydrogen-bond acceptors (Lipinski definition) is 4. The van der Waals surface area contributed by atoms with E-state index in [9.17, 15) is 0 Å². The third-order valence-electron chi connectivity index (χ3n) is 7.69. The average molecular weight is 479 g/mol. The fourth-order valence-corrected chi connectivity index (χ4v) is 6.35. The fraction of sp³-hybridized carbons (Fsp3) is 0.0303. The monoisotopic (exact) mass is 478 g/mol. The molecule has 0 spiro atoms. The maximum absolute atomic E-state index is 6.37. The molecular formula is C33H26N4. The number of rotatable bonds is 2. The van der Waals surface area contributed by atoms with Crippen molar-refractivity contribution in [2.24, 2.45) is 0 Å². The van der Waals surface area contributed by atoms with Crippen LogP contribution in [0.4, 0.5) is 22.7 Å². The van der Waals surface area contributed by atoms with E-state index in [0.717, 1.165) is 16.7 Å². The van der Waals surface area contributed by atoms with Gasteiger partial charge in [0.1, 0.15) is 0 Å². The van der Waals surface area contributed by atoms with Crippen LogP contribution in [0.2, 0.25) is 0 Å². The smallest absolute Gasteiger partial charge is 0.0650 e. The predicted octanol–water partition coefficient (Wildman–Crippen LogP) is 4.75. The lowest BCUT2D eigenvalue weighted by Gasteiger charge is -2.37. The summed E-state index contributed by atoms with van der Waals surface area (Å²) in [6.07, 6.45) is 8.83. The summed E-state index contributed by atoms with van der Waals surface area (Å²) in [6.45, 7) is 0. The maximum atomic E-state index is 6.37. The molecule has 5 aromatic rings. The molecule has 7 rings (SSSR count). The van der Waals surface area contributed by atoms with Crippen LogP contribution in [-0.2, 0) is 5.41 Å². The van der Waals surface area contributed by atoms with Crippen molar-refractivity contribution in [3.8, 4) is 0 Å². The van der Waals surface area contributed by atoms with Crippen LogP contribution in [0.3, 0.4) is 0 Å². The van der Waals surface area contributed by atoms with Gasteiger partial charge in [0.25, 0.3) is 0 Å². The van der Waals surface area contributed by atoms with Crippen LogP contribution in [0, 0.1) is 0 Å². The summed E-state index contributed by atoms with van der Waals surface area (Å²) in [5.41, 5.74) is 31.5. The van der Waals surface area contributed by atoms with E-state index >= 15 is 0 Å².